The van der Waals surface area contributed by atoms with Crippen LogP contribution in [0.2, 0.25) is 0 Å². The summed E-state index contributed by atoms with van der Waals surface area (Å²) in [5.74, 6) is -1.85. The average Bonchev–Trinajstić information content (AvgIpc) is 2.35. The molecule has 0 amide bonds. The van der Waals surface area contributed by atoms with Gasteiger partial charge in [-0.3, -0.25) is 4.79 Å². The van der Waals surface area contributed by atoms with Gasteiger partial charge in [-0.25, -0.2) is 0 Å². The van der Waals surface area contributed by atoms with Gasteiger partial charge in [-0.15, -0.1) is 0 Å². The Bertz CT molecular complexity index is 417. The fourth-order valence-electron chi connectivity index (χ4n) is 1.85. The Morgan fingerprint density at radius 3 is 2.50 bits per heavy atom. The standard InChI is InChI=1S/C15H19NO2/c1-12-7-9-13(10-8-12)5-3-2-4-6-14(11-16)15(17)18/h7-10,14H,2-6H2,1H3,(H,17,18). The van der Waals surface area contributed by atoms with Gasteiger partial charge in [0.2, 0.25) is 0 Å². The lowest BCUT2D eigenvalue weighted by Crippen LogP contribution is -2.10. The van der Waals surface area contributed by atoms with Crippen molar-refractivity contribution in [3.63, 3.8) is 0 Å². The fourth-order valence-corrected chi connectivity index (χ4v) is 1.85. The van der Waals surface area contributed by atoms with Gasteiger partial charge in [0.15, 0.2) is 0 Å². The zero-order valence-electron chi connectivity index (χ0n) is 10.7. The number of hydrogen-bond acceptors (Lipinski definition) is 2. The van der Waals surface area contributed by atoms with Crippen molar-refractivity contribution in [1.29, 1.82) is 5.26 Å². The van der Waals surface area contributed by atoms with Crippen molar-refractivity contribution in [1.82, 2.24) is 0 Å². The van der Waals surface area contributed by atoms with E-state index < -0.39 is 11.9 Å². The zero-order chi connectivity index (χ0) is 13.4. The molecule has 1 aromatic carbocycles. The Morgan fingerprint density at radius 2 is 1.94 bits per heavy atom. The molecule has 0 aliphatic carbocycles. The number of rotatable bonds is 7. The first kappa shape index (κ1) is 14.2. The number of aryl methyl sites for hydroxylation is 2. The van der Waals surface area contributed by atoms with E-state index in [1.807, 2.05) is 6.07 Å². The highest BCUT2D eigenvalue weighted by atomic mass is 16.4. The SMILES string of the molecule is Cc1ccc(CCCCCC(C#N)C(=O)O)cc1. The number of carboxylic acid groups (broad SMARTS) is 1. The van der Waals surface area contributed by atoms with Crippen LogP contribution in [0.4, 0.5) is 0 Å². The number of aliphatic carboxylic acids is 1. The number of carboxylic acids is 1. The van der Waals surface area contributed by atoms with Gasteiger partial charge in [-0.1, -0.05) is 42.7 Å². The molecule has 1 aromatic rings. The molecule has 1 atom stereocenters. The normalized spacial score (nSPS) is 11.8. The molecule has 0 fully saturated rings. The quantitative estimate of drug-likeness (QED) is 0.749. The van der Waals surface area contributed by atoms with E-state index >= 15 is 0 Å². The molecule has 1 unspecified atom stereocenters. The molecule has 3 nitrogen and oxygen atoms in total. The Morgan fingerprint density at radius 1 is 1.28 bits per heavy atom. The minimum Gasteiger partial charge on any atom is -0.480 e. The lowest BCUT2D eigenvalue weighted by Gasteiger charge is -2.04. The highest BCUT2D eigenvalue weighted by Gasteiger charge is 2.14. The van der Waals surface area contributed by atoms with Gasteiger partial charge in [0, 0.05) is 0 Å². The van der Waals surface area contributed by atoms with Crippen molar-refractivity contribution in [2.75, 3.05) is 0 Å². The predicted molar refractivity (Wildman–Crippen MR) is 70.1 cm³/mol. The van der Waals surface area contributed by atoms with E-state index in [-0.39, 0.29) is 0 Å². The van der Waals surface area contributed by atoms with Gasteiger partial charge in [-0.05, 0) is 31.7 Å². The van der Waals surface area contributed by atoms with Crippen LogP contribution in [0.15, 0.2) is 24.3 Å². The van der Waals surface area contributed by atoms with E-state index in [1.165, 1.54) is 11.1 Å². The number of carbonyl (C=O) groups is 1. The van der Waals surface area contributed by atoms with E-state index in [0.29, 0.717) is 6.42 Å². The lowest BCUT2D eigenvalue weighted by atomic mass is 10.0. The third kappa shape index (κ3) is 5.01. The second-order valence-corrected chi connectivity index (χ2v) is 4.60. The smallest absolute Gasteiger partial charge is 0.320 e. The summed E-state index contributed by atoms with van der Waals surface area (Å²) >= 11 is 0. The molecule has 0 aromatic heterocycles. The Labute approximate surface area is 108 Å². The number of nitrogens with zero attached hydrogens (tertiary/aromatic N) is 1. The van der Waals surface area contributed by atoms with E-state index in [2.05, 4.69) is 31.2 Å². The van der Waals surface area contributed by atoms with Crippen LogP contribution < -0.4 is 0 Å². The molecular formula is C15H19NO2. The molecule has 0 saturated heterocycles. The largest absolute Gasteiger partial charge is 0.480 e. The first-order valence-corrected chi connectivity index (χ1v) is 6.31. The molecule has 0 aliphatic rings. The third-order valence-corrected chi connectivity index (χ3v) is 3.03. The third-order valence-electron chi connectivity index (χ3n) is 3.03. The summed E-state index contributed by atoms with van der Waals surface area (Å²) in [4.78, 5) is 10.6. The summed E-state index contributed by atoms with van der Waals surface area (Å²) in [5.41, 5.74) is 2.58. The maximum atomic E-state index is 10.6. The first-order chi connectivity index (χ1) is 8.63. The monoisotopic (exact) mass is 245 g/mol. The van der Waals surface area contributed by atoms with Gasteiger partial charge in [0.1, 0.15) is 5.92 Å². The second-order valence-electron chi connectivity index (χ2n) is 4.60. The maximum Gasteiger partial charge on any atom is 0.320 e. The van der Waals surface area contributed by atoms with Crippen molar-refractivity contribution in [3.05, 3.63) is 35.4 Å². The highest BCUT2D eigenvalue weighted by Crippen LogP contribution is 2.12. The van der Waals surface area contributed by atoms with Gasteiger partial charge in [0.05, 0.1) is 6.07 Å². The predicted octanol–water partition coefficient (Wildman–Crippen LogP) is 3.32. The van der Waals surface area contributed by atoms with Crippen LogP contribution in [0.25, 0.3) is 0 Å². The molecule has 18 heavy (non-hydrogen) atoms. The van der Waals surface area contributed by atoms with Crippen LogP contribution in [0, 0.1) is 24.2 Å². The summed E-state index contributed by atoms with van der Waals surface area (Å²) in [6.45, 7) is 2.07. The highest BCUT2D eigenvalue weighted by molar-refractivity contribution is 5.72. The minimum absolute atomic E-state index is 0.458. The molecule has 1 rings (SSSR count). The number of benzene rings is 1. The van der Waals surface area contributed by atoms with Crippen molar-refractivity contribution in [2.24, 2.45) is 5.92 Å². The van der Waals surface area contributed by atoms with E-state index in [4.69, 9.17) is 10.4 Å². The maximum absolute atomic E-state index is 10.6. The number of unbranched alkanes of at least 4 members (excludes halogenated alkanes) is 2. The van der Waals surface area contributed by atoms with E-state index in [0.717, 1.165) is 25.7 Å². The Balaban J connectivity index is 2.18. The summed E-state index contributed by atoms with van der Waals surface area (Å²) < 4.78 is 0. The molecule has 3 heteroatoms. The van der Waals surface area contributed by atoms with Crippen molar-refractivity contribution < 1.29 is 9.90 Å². The summed E-state index contributed by atoms with van der Waals surface area (Å²) in [6.07, 6.45) is 4.29. The molecular weight excluding hydrogens is 226 g/mol. The zero-order valence-corrected chi connectivity index (χ0v) is 10.7. The van der Waals surface area contributed by atoms with Gasteiger partial charge < -0.3 is 5.11 Å². The number of nitriles is 1. The van der Waals surface area contributed by atoms with E-state index in [9.17, 15) is 4.79 Å². The van der Waals surface area contributed by atoms with E-state index in [1.54, 1.807) is 0 Å². The topological polar surface area (TPSA) is 61.1 Å². The Hall–Kier alpha value is -1.82. The first-order valence-electron chi connectivity index (χ1n) is 6.31. The molecule has 1 N–H and O–H groups in total. The van der Waals surface area contributed by atoms with Crippen molar-refractivity contribution in [3.8, 4) is 6.07 Å². The van der Waals surface area contributed by atoms with Gasteiger partial charge in [0.25, 0.3) is 0 Å². The molecule has 0 aliphatic heterocycles. The van der Waals surface area contributed by atoms with Crippen LogP contribution >= 0.6 is 0 Å². The average molecular weight is 245 g/mol. The molecule has 0 saturated carbocycles. The lowest BCUT2D eigenvalue weighted by molar-refractivity contribution is -0.140. The van der Waals surface area contributed by atoms with Crippen molar-refractivity contribution >= 4 is 5.97 Å². The van der Waals surface area contributed by atoms with Crippen LogP contribution in [0.1, 0.15) is 36.8 Å². The molecule has 0 radical (unpaired) electrons. The molecule has 0 bridgehead atoms. The van der Waals surface area contributed by atoms with Crippen LogP contribution in [-0.4, -0.2) is 11.1 Å². The fraction of sp³-hybridized carbons (Fsp3) is 0.467. The Kier molecular flexibility index (Phi) is 5.93. The summed E-state index contributed by atoms with van der Waals surface area (Å²) in [5, 5.41) is 17.3. The van der Waals surface area contributed by atoms with Crippen LogP contribution in [0.3, 0.4) is 0 Å². The molecule has 96 valence electrons. The van der Waals surface area contributed by atoms with Gasteiger partial charge in [-0.2, -0.15) is 5.26 Å². The van der Waals surface area contributed by atoms with Crippen molar-refractivity contribution in [2.45, 2.75) is 39.0 Å². The van der Waals surface area contributed by atoms with Crippen LogP contribution in [0.5, 0.6) is 0 Å². The van der Waals surface area contributed by atoms with Gasteiger partial charge >= 0.3 is 5.97 Å². The van der Waals surface area contributed by atoms with Crippen LogP contribution in [-0.2, 0) is 11.2 Å². The summed E-state index contributed by atoms with van der Waals surface area (Å²) in [7, 11) is 0. The number of hydrogen-bond donors (Lipinski definition) is 1. The second kappa shape index (κ2) is 7.50. The molecule has 0 heterocycles. The summed E-state index contributed by atoms with van der Waals surface area (Å²) in [6, 6.07) is 10.3. The molecule has 0 spiro atoms. The minimum atomic E-state index is -1.00.